The Bertz CT molecular complexity index is 1110. The number of aromatic nitrogens is 2. The highest BCUT2D eigenvalue weighted by Gasteiger charge is 2.53. The first-order chi connectivity index (χ1) is 16.4. The minimum atomic E-state index is -1.13. The predicted octanol–water partition coefficient (Wildman–Crippen LogP) is 5.45. The Balaban J connectivity index is 1.43. The molecule has 0 saturated carbocycles. The van der Waals surface area contributed by atoms with Gasteiger partial charge in [-0.2, -0.15) is 0 Å². The van der Waals surface area contributed by atoms with Gasteiger partial charge in [-0.1, -0.05) is 62.1 Å². The third kappa shape index (κ3) is 4.74. The molecule has 5 rings (SSSR count). The van der Waals surface area contributed by atoms with Crippen LogP contribution in [0.5, 0.6) is 0 Å². The maximum absolute atomic E-state index is 11.3. The third-order valence-electron chi connectivity index (χ3n) is 7.93. The maximum atomic E-state index is 11.3. The van der Waals surface area contributed by atoms with Gasteiger partial charge in [0.05, 0.1) is 29.2 Å². The first kappa shape index (κ1) is 23.7. The zero-order valence-electron chi connectivity index (χ0n) is 20.9. The van der Waals surface area contributed by atoms with Crippen molar-refractivity contribution < 1.29 is 9.84 Å². The van der Waals surface area contributed by atoms with Crippen LogP contribution < -0.4 is 0 Å². The highest BCUT2D eigenvalue weighted by atomic mass is 28.3. The molecule has 0 aliphatic carbocycles. The third-order valence-corrected chi connectivity index (χ3v) is 9.64. The molecule has 182 valence electrons. The van der Waals surface area contributed by atoms with Crippen LogP contribution in [0, 0.1) is 0 Å². The Morgan fingerprint density at radius 1 is 1.03 bits per heavy atom. The molecule has 0 spiro atoms. The van der Waals surface area contributed by atoms with E-state index in [0.717, 1.165) is 68.2 Å². The topological polar surface area (TPSA) is 50.5 Å². The van der Waals surface area contributed by atoms with Crippen LogP contribution >= 0.6 is 0 Å². The molecule has 2 bridgehead atoms. The van der Waals surface area contributed by atoms with Crippen LogP contribution in [0.2, 0.25) is 25.7 Å². The van der Waals surface area contributed by atoms with E-state index >= 15 is 0 Å². The number of aliphatic hydroxyl groups is 1. The minimum Gasteiger partial charge on any atom is -0.391 e. The Labute approximate surface area is 204 Å². The summed E-state index contributed by atoms with van der Waals surface area (Å²) in [6, 6.07) is 20.7. The summed E-state index contributed by atoms with van der Waals surface area (Å²) in [6.45, 7) is 9.24. The Morgan fingerprint density at radius 2 is 1.79 bits per heavy atom. The minimum absolute atomic E-state index is 0.216. The van der Waals surface area contributed by atoms with Crippen LogP contribution in [0.15, 0.2) is 54.6 Å². The highest BCUT2D eigenvalue weighted by molar-refractivity contribution is 6.76. The van der Waals surface area contributed by atoms with E-state index in [1.54, 1.807) is 0 Å². The first-order valence-corrected chi connectivity index (χ1v) is 16.6. The van der Waals surface area contributed by atoms with Crippen molar-refractivity contribution in [3.05, 3.63) is 66.0 Å². The molecule has 2 aromatic carbocycles. The second kappa shape index (κ2) is 9.57. The predicted molar refractivity (Wildman–Crippen MR) is 141 cm³/mol. The molecule has 34 heavy (non-hydrogen) atoms. The number of imidazole rings is 1. The molecule has 5 nitrogen and oxygen atoms in total. The molecule has 2 saturated heterocycles. The van der Waals surface area contributed by atoms with Crippen molar-refractivity contribution in [1.29, 1.82) is 0 Å². The van der Waals surface area contributed by atoms with Crippen molar-refractivity contribution >= 4 is 19.1 Å². The average molecular weight is 478 g/mol. The van der Waals surface area contributed by atoms with Crippen molar-refractivity contribution in [3.63, 3.8) is 0 Å². The summed E-state index contributed by atoms with van der Waals surface area (Å²) in [5.41, 5.74) is 3.24. The lowest BCUT2D eigenvalue weighted by atomic mass is 9.80. The molecule has 1 N–H and O–H groups in total. The largest absolute Gasteiger partial charge is 0.391 e. The number of ether oxygens (including phenoxy) is 1. The molecular formula is C28H39N3O2Si. The van der Waals surface area contributed by atoms with E-state index in [1.807, 2.05) is 0 Å². The standard InChI is InChI=1S/C28H39N3O2Si/c1-34(2,3)18-17-33-21-30-25-12-8-7-11-24(25)29-27(30)20-31-23-13-14-26(32)28(31,16-15-23)19-22-9-5-4-6-10-22/h4-12,23,26,32H,13-21H2,1-3H3/t23-,26-,28+/m1/s1. The van der Waals surface area contributed by atoms with Gasteiger partial charge in [0.15, 0.2) is 0 Å². The summed E-state index contributed by atoms with van der Waals surface area (Å²) >= 11 is 0. The van der Waals surface area contributed by atoms with E-state index in [4.69, 9.17) is 9.72 Å². The Morgan fingerprint density at radius 3 is 2.59 bits per heavy atom. The normalized spacial score (nSPS) is 25.3. The van der Waals surface area contributed by atoms with Gasteiger partial charge in [-0.15, -0.1) is 0 Å². The molecule has 0 radical (unpaired) electrons. The molecular weight excluding hydrogens is 438 g/mol. The maximum Gasteiger partial charge on any atom is 0.126 e. The van der Waals surface area contributed by atoms with Crippen LogP contribution in [0.1, 0.15) is 37.1 Å². The van der Waals surface area contributed by atoms with Crippen LogP contribution in [0.25, 0.3) is 11.0 Å². The number of piperidine rings is 1. The second-order valence-corrected chi connectivity index (χ2v) is 17.1. The summed E-state index contributed by atoms with van der Waals surface area (Å²) in [5, 5.41) is 11.3. The SMILES string of the molecule is C[Si](C)(C)CCOCn1c(CN2[C@@H]3CC[C@@H](O)[C@@]2(Cc2ccccc2)CC3)nc2ccccc21. The Hall–Kier alpha value is -1.99. The van der Waals surface area contributed by atoms with Crippen molar-refractivity contribution in [2.75, 3.05) is 6.61 Å². The average Bonchev–Trinajstić information content (AvgIpc) is 3.28. The summed E-state index contributed by atoms with van der Waals surface area (Å²) in [6.07, 6.45) is 4.72. The van der Waals surface area contributed by atoms with Gasteiger partial charge in [0.25, 0.3) is 0 Å². The molecule has 0 unspecified atom stereocenters. The fraction of sp³-hybridized carbons (Fsp3) is 0.536. The van der Waals surface area contributed by atoms with Gasteiger partial charge in [0, 0.05) is 20.7 Å². The molecule has 3 aromatic rings. The van der Waals surface area contributed by atoms with Gasteiger partial charge in [-0.05, 0) is 55.8 Å². The van der Waals surface area contributed by atoms with E-state index in [-0.39, 0.29) is 11.6 Å². The fourth-order valence-corrected chi connectivity index (χ4v) is 6.73. The van der Waals surface area contributed by atoms with Crippen molar-refractivity contribution in [2.24, 2.45) is 0 Å². The van der Waals surface area contributed by atoms with Gasteiger partial charge in [0.1, 0.15) is 12.6 Å². The van der Waals surface area contributed by atoms with Crippen LogP contribution in [-0.2, 0) is 24.4 Å². The van der Waals surface area contributed by atoms with E-state index < -0.39 is 8.07 Å². The first-order valence-electron chi connectivity index (χ1n) is 12.9. The molecule has 2 aliphatic heterocycles. The fourth-order valence-electron chi connectivity index (χ4n) is 5.98. The molecule has 3 atom stereocenters. The van der Waals surface area contributed by atoms with Crippen LogP contribution in [0.3, 0.4) is 0 Å². The number of para-hydroxylation sites is 2. The lowest BCUT2D eigenvalue weighted by molar-refractivity contribution is -0.0640. The Kier molecular flexibility index (Phi) is 6.68. The lowest BCUT2D eigenvalue weighted by Gasteiger charge is -2.48. The summed E-state index contributed by atoms with van der Waals surface area (Å²) in [5.74, 6) is 1.05. The summed E-state index contributed by atoms with van der Waals surface area (Å²) in [7, 11) is -1.13. The summed E-state index contributed by atoms with van der Waals surface area (Å²) in [4.78, 5) is 7.65. The van der Waals surface area contributed by atoms with Crippen molar-refractivity contribution in [1.82, 2.24) is 14.5 Å². The molecule has 1 aromatic heterocycles. The van der Waals surface area contributed by atoms with Gasteiger partial charge in [0.2, 0.25) is 0 Å². The molecule has 6 heteroatoms. The van der Waals surface area contributed by atoms with Crippen molar-refractivity contribution in [2.45, 2.75) is 88.7 Å². The van der Waals surface area contributed by atoms with Gasteiger partial charge in [-0.25, -0.2) is 4.98 Å². The van der Waals surface area contributed by atoms with Crippen molar-refractivity contribution in [3.8, 4) is 0 Å². The smallest absolute Gasteiger partial charge is 0.126 e. The quantitative estimate of drug-likeness (QED) is 0.329. The number of hydrogen-bond donors (Lipinski definition) is 1. The molecule has 3 heterocycles. The van der Waals surface area contributed by atoms with E-state index in [9.17, 15) is 5.11 Å². The number of benzene rings is 2. The van der Waals surface area contributed by atoms with Gasteiger partial charge >= 0.3 is 0 Å². The zero-order chi connectivity index (χ0) is 23.8. The zero-order valence-corrected chi connectivity index (χ0v) is 21.9. The molecule has 2 fully saturated rings. The number of aliphatic hydroxyl groups excluding tert-OH is 1. The highest BCUT2D eigenvalue weighted by Crippen LogP contribution is 2.47. The molecule has 2 aliphatic rings. The van der Waals surface area contributed by atoms with Gasteiger partial charge in [-0.3, -0.25) is 4.90 Å². The van der Waals surface area contributed by atoms with E-state index in [1.165, 1.54) is 5.56 Å². The number of hydrogen-bond acceptors (Lipinski definition) is 4. The molecule has 0 amide bonds. The number of rotatable bonds is 9. The van der Waals surface area contributed by atoms with Crippen LogP contribution in [-0.4, -0.2) is 51.9 Å². The second-order valence-electron chi connectivity index (χ2n) is 11.5. The monoisotopic (exact) mass is 477 g/mol. The lowest BCUT2D eigenvalue weighted by Crippen LogP contribution is -2.59. The van der Waals surface area contributed by atoms with E-state index in [0.29, 0.717) is 12.8 Å². The van der Waals surface area contributed by atoms with Crippen LogP contribution in [0.4, 0.5) is 0 Å². The number of nitrogens with zero attached hydrogens (tertiary/aromatic N) is 3. The summed E-state index contributed by atoms with van der Waals surface area (Å²) < 4.78 is 8.45. The van der Waals surface area contributed by atoms with E-state index in [2.05, 4.69) is 83.7 Å². The van der Waals surface area contributed by atoms with Gasteiger partial charge < -0.3 is 14.4 Å². The number of fused-ring (bicyclic) bond motifs is 3.